The molecule has 2 heterocycles. The zero-order valence-corrected chi connectivity index (χ0v) is 16.0. The largest absolute Gasteiger partial charge is 0.378 e. The lowest BCUT2D eigenvalue weighted by Crippen LogP contribution is -2.51. The topological polar surface area (TPSA) is 62.6 Å². The highest BCUT2D eigenvalue weighted by Crippen LogP contribution is 2.20. The number of nitrogens with zero attached hydrogens (tertiary/aromatic N) is 4. The number of carbonyl (C=O) groups is 1. The van der Waals surface area contributed by atoms with Crippen LogP contribution in [0.3, 0.4) is 0 Å². The van der Waals surface area contributed by atoms with E-state index in [1.807, 2.05) is 24.3 Å². The van der Waals surface area contributed by atoms with Crippen LogP contribution in [0.5, 0.6) is 0 Å². The summed E-state index contributed by atoms with van der Waals surface area (Å²) in [6.07, 6.45) is 11.5. The quantitative estimate of drug-likeness (QED) is 0.753. The number of urea groups is 1. The van der Waals surface area contributed by atoms with E-state index in [0.717, 1.165) is 51.6 Å². The first kappa shape index (κ1) is 19.2. The average molecular weight is 364 g/mol. The molecule has 1 saturated carbocycles. The van der Waals surface area contributed by atoms with Gasteiger partial charge in [0.2, 0.25) is 0 Å². The van der Waals surface area contributed by atoms with Crippen LogP contribution in [0.4, 0.5) is 4.79 Å². The molecule has 0 unspecified atom stereocenters. The smallest absolute Gasteiger partial charge is 0.317 e. The summed E-state index contributed by atoms with van der Waals surface area (Å²) in [5.41, 5.74) is 0. The van der Waals surface area contributed by atoms with Gasteiger partial charge < -0.3 is 19.5 Å². The summed E-state index contributed by atoms with van der Waals surface area (Å²) in [6, 6.07) is 0.0549. The molecular weight excluding hydrogens is 330 g/mol. The minimum Gasteiger partial charge on any atom is -0.378 e. The maximum atomic E-state index is 12.3. The van der Waals surface area contributed by atoms with E-state index in [-0.39, 0.29) is 6.03 Å². The summed E-state index contributed by atoms with van der Waals surface area (Å²) < 4.78 is 7.95. The number of hydrogen-bond acceptors (Lipinski definition) is 4. The summed E-state index contributed by atoms with van der Waals surface area (Å²) in [5, 5.41) is 3.03. The maximum absolute atomic E-state index is 12.3. The number of piperazine rings is 1. The Bertz CT molecular complexity index is 548. The van der Waals surface area contributed by atoms with Crippen molar-refractivity contribution in [1.82, 2.24) is 24.7 Å². The number of aromatic nitrogens is 2. The molecule has 7 nitrogen and oxygen atoms in total. The third-order valence-corrected chi connectivity index (χ3v) is 5.45. The van der Waals surface area contributed by atoms with E-state index in [2.05, 4.69) is 19.8 Å². The highest BCUT2D eigenvalue weighted by atomic mass is 16.5. The monoisotopic (exact) mass is 363 g/mol. The predicted octanol–water partition coefficient (Wildman–Crippen LogP) is 1.99. The van der Waals surface area contributed by atoms with Crippen molar-refractivity contribution in [3.63, 3.8) is 0 Å². The Kier molecular flexibility index (Phi) is 7.32. The number of amides is 2. The Balaban J connectivity index is 1.26. The average Bonchev–Trinajstić information content (AvgIpc) is 3.07. The molecular formula is C19H33N5O2. The van der Waals surface area contributed by atoms with Gasteiger partial charge in [-0.1, -0.05) is 19.3 Å². The van der Waals surface area contributed by atoms with Crippen molar-refractivity contribution in [1.29, 1.82) is 0 Å². The van der Waals surface area contributed by atoms with Crippen molar-refractivity contribution in [2.45, 2.75) is 51.2 Å². The van der Waals surface area contributed by atoms with Gasteiger partial charge in [-0.2, -0.15) is 0 Å². The van der Waals surface area contributed by atoms with Gasteiger partial charge in [-0.05, 0) is 19.3 Å². The molecule has 1 aromatic heterocycles. The third-order valence-electron chi connectivity index (χ3n) is 5.45. The van der Waals surface area contributed by atoms with E-state index in [0.29, 0.717) is 12.6 Å². The fraction of sp³-hybridized carbons (Fsp3) is 0.789. The molecule has 0 spiro atoms. The first-order chi connectivity index (χ1) is 12.7. The number of hydrogen-bond donors (Lipinski definition) is 1. The number of carbonyl (C=O) groups excluding carboxylic acids is 1. The molecule has 1 N–H and O–H groups in total. The second-order valence-electron chi connectivity index (χ2n) is 7.43. The zero-order chi connectivity index (χ0) is 18.2. The predicted molar refractivity (Wildman–Crippen MR) is 101 cm³/mol. The van der Waals surface area contributed by atoms with Gasteiger partial charge >= 0.3 is 6.03 Å². The minimum atomic E-state index is 0.0549. The number of imidazole rings is 1. The van der Waals surface area contributed by atoms with Crippen molar-refractivity contribution in [3.8, 4) is 0 Å². The Morgan fingerprint density at radius 3 is 2.69 bits per heavy atom. The van der Waals surface area contributed by atoms with E-state index in [1.165, 1.54) is 32.1 Å². The molecule has 26 heavy (non-hydrogen) atoms. The first-order valence-corrected chi connectivity index (χ1v) is 10.1. The summed E-state index contributed by atoms with van der Waals surface area (Å²) >= 11 is 0. The van der Waals surface area contributed by atoms with Crippen molar-refractivity contribution in [2.24, 2.45) is 7.05 Å². The second-order valence-corrected chi connectivity index (χ2v) is 7.43. The van der Waals surface area contributed by atoms with E-state index in [9.17, 15) is 4.79 Å². The fourth-order valence-corrected chi connectivity index (χ4v) is 3.72. The first-order valence-electron chi connectivity index (χ1n) is 10.1. The zero-order valence-electron chi connectivity index (χ0n) is 16.0. The lowest BCUT2D eigenvalue weighted by molar-refractivity contribution is 0.0274. The van der Waals surface area contributed by atoms with Crippen LogP contribution in [0.25, 0.3) is 0 Å². The Morgan fingerprint density at radius 2 is 2.00 bits per heavy atom. The highest BCUT2D eigenvalue weighted by molar-refractivity contribution is 5.74. The molecule has 2 amide bonds. The SMILES string of the molecule is Cn1ccnc1CN1CCN(C(=O)NCCCOC2CCCCC2)CC1. The molecule has 1 aliphatic carbocycles. The highest BCUT2D eigenvalue weighted by Gasteiger charge is 2.21. The van der Waals surface area contributed by atoms with Crippen molar-refractivity contribution < 1.29 is 9.53 Å². The van der Waals surface area contributed by atoms with Gasteiger partial charge in [0.1, 0.15) is 5.82 Å². The van der Waals surface area contributed by atoms with E-state index < -0.39 is 0 Å². The van der Waals surface area contributed by atoms with Gasteiger partial charge in [0.25, 0.3) is 0 Å². The fourth-order valence-electron chi connectivity index (χ4n) is 3.72. The molecule has 1 saturated heterocycles. The van der Waals surface area contributed by atoms with Crippen molar-refractivity contribution in [2.75, 3.05) is 39.3 Å². The Morgan fingerprint density at radius 1 is 1.23 bits per heavy atom. The molecule has 7 heteroatoms. The molecule has 2 fully saturated rings. The van der Waals surface area contributed by atoms with Gasteiger partial charge in [0, 0.05) is 58.8 Å². The second kappa shape index (κ2) is 9.92. The molecule has 1 aliphatic heterocycles. The number of nitrogens with one attached hydrogen (secondary N) is 1. The number of rotatable bonds is 7. The van der Waals surface area contributed by atoms with Gasteiger partial charge in [-0.15, -0.1) is 0 Å². The molecule has 2 aliphatic rings. The minimum absolute atomic E-state index is 0.0549. The summed E-state index contributed by atoms with van der Waals surface area (Å²) in [7, 11) is 2.02. The van der Waals surface area contributed by atoms with Crippen molar-refractivity contribution >= 4 is 6.03 Å². The van der Waals surface area contributed by atoms with Crippen LogP contribution in [0.2, 0.25) is 0 Å². The molecule has 0 bridgehead atoms. The van der Waals surface area contributed by atoms with Gasteiger partial charge in [0.15, 0.2) is 0 Å². The standard InChI is InChI=1S/C19H33N5O2/c1-22-10-9-20-18(22)16-23-11-13-24(14-12-23)19(25)21-8-5-15-26-17-6-3-2-4-7-17/h9-10,17H,2-8,11-16H2,1H3,(H,21,25). The van der Waals surface area contributed by atoms with Gasteiger partial charge in [-0.3, -0.25) is 4.90 Å². The Labute approximate surface area is 156 Å². The lowest BCUT2D eigenvalue weighted by atomic mass is 9.98. The molecule has 0 atom stereocenters. The molecule has 0 radical (unpaired) electrons. The van der Waals surface area contributed by atoms with Gasteiger partial charge in [0.05, 0.1) is 12.6 Å². The van der Waals surface area contributed by atoms with Gasteiger partial charge in [-0.25, -0.2) is 9.78 Å². The van der Waals surface area contributed by atoms with Crippen LogP contribution in [-0.2, 0) is 18.3 Å². The van der Waals surface area contributed by atoms with Crippen LogP contribution in [-0.4, -0.2) is 70.8 Å². The summed E-state index contributed by atoms with van der Waals surface area (Å²) in [4.78, 5) is 20.9. The van der Waals surface area contributed by atoms with Crippen LogP contribution in [0, 0.1) is 0 Å². The molecule has 1 aromatic rings. The van der Waals surface area contributed by atoms with Crippen molar-refractivity contribution in [3.05, 3.63) is 18.2 Å². The van der Waals surface area contributed by atoms with E-state index >= 15 is 0 Å². The number of aryl methyl sites for hydroxylation is 1. The van der Waals surface area contributed by atoms with Crippen LogP contribution >= 0.6 is 0 Å². The molecule has 3 rings (SSSR count). The third kappa shape index (κ3) is 5.71. The summed E-state index contributed by atoms with van der Waals surface area (Å²) in [6.45, 7) is 5.62. The van der Waals surface area contributed by atoms with Crippen LogP contribution in [0.15, 0.2) is 12.4 Å². The lowest BCUT2D eigenvalue weighted by Gasteiger charge is -2.34. The number of ether oxygens (including phenoxy) is 1. The normalized spacial score (nSPS) is 19.7. The molecule has 146 valence electrons. The van der Waals surface area contributed by atoms with Crippen LogP contribution < -0.4 is 5.32 Å². The summed E-state index contributed by atoms with van der Waals surface area (Å²) in [5.74, 6) is 1.07. The van der Waals surface area contributed by atoms with E-state index in [1.54, 1.807) is 0 Å². The molecule has 0 aromatic carbocycles. The maximum Gasteiger partial charge on any atom is 0.317 e. The van der Waals surface area contributed by atoms with E-state index in [4.69, 9.17) is 4.74 Å². The van der Waals surface area contributed by atoms with Crippen LogP contribution in [0.1, 0.15) is 44.3 Å². The Hall–Kier alpha value is -1.60.